The summed E-state index contributed by atoms with van der Waals surface area (Å²) in [6.07, 6.45) is 7.34. The van der Waals surface area contributed by atoms with Crippen LogP contribution < -0.4 is 0 Å². The highest BCUT2D eigenvalue weighted by molar-refractivity contribution is 5.97. The Morgan fingerprint density at radius 3 is 2.55 bits per heavy atom. The lowest BCUT2D eigenvalue weighted by Crippen LogP contribution is -2.27. The summed E-state index contributed by atoms with van der Waals surface area (Å²) in [6, 6.07) is 14.3. The van der Waals surface area contributed by atoms with Crippen LogP contribution in [-0.4, -0.2) is 10.8 Å². The van der Waals surface area contributed by atoms with Gasteiger partial charge in [-0.15, -0.1) is 0 Å². The third-order valence-electron chi connectivity index (χ3n) is 5.14. The first-order chi connectivity index (χ1) is 10.7. The Balaban J connectivity index is 1.72. The maximum absolute atomic E-state index is 13.0. The van der Waals surface area contributed by atoms with E-state index in [2.05, 4.69) is 48.3 Å². The van der Waals surface area contributed by atoms with E-state index in [0.717, 1.165) is 6.42 Å². The maximum Gasteiger partial charge on any atom is 0.185 e. The molecule has 4 rings (SSSR count). The molecule has 1 fully saturated rings. The van der Waals surface area contributed by atoms with E-state index in [1.54, 1.807) is 6.20 Å². The van der Waals surface area contributed by atoms with Crippen molar-refractivity contribution in [2.24, 2.45) is 17.8 Å². The summed E-state index contributed by atoms with van der Waals surface area (Å²) < 4.78 is 0. The lowest BCUT2D eigenvalue weighted by molar-refractivity contribution is 0.0881. The SMILES string of the molecule is Cc1ccc([C@@H]2C3C=CC(C3)[C@H]2C(=O)c2ccccn2)cc1. The minimum absolute atomic E-state index is 0.0348. The lowest BCUT2D eigenvalue weighted by atomic mass is 9.75. The van der Waals surface area contributed by atoms with Crippen LogP contribution in [-0.2, 0) is 0 Å². The number of allylic oxidation sites excluding steroid dienone is 2. The Hall–Kier alpha value is -2.22. The summed E-state index contributed by atoms with van der Waals surface area (Å²) >= 11 is 0. The second-order valence-corrected chi connectivity index (χ2v) is 6.49. The highest BCUT2D eigenvalue weighted by Gasteiger charge is 2.48. The highest BCUT2D eigenvalue weighted by Crippen LogP contribution is 2.53. The minimum Gasteiger partial charge on any atom is -0.292 e. The van der Waals surface area contributed by atoms with Gasteiger partial charge in [-0.3, -0.25) is 9.78 Å². The predicted octanol–water partition coefficient (Wildman–Crippen LogP) is 4.18. The van der Waals surface area contributed by atoms with Gasteiger partial charge >= 0.3 is 0 Å². The molecule has 2 aromatic rings. The number of aryl methyl sites for hydroxylation is 1. The normalized spacial score (nSPS) is 29.0. The molecule has 0 N–H and O–H groups in total. The Kier molecular flexibility index (Phi) is 3.18. The van der Waals surface area contributed by atoms with Gasteiger partial charge in [0.2, 0.25) is 0 Å². The number of hydrogen-bond donors (Lipinski definition) is 0. The molecular weight excluding hydrogens is 270 g/mol. The first kappa shape index (κ1) is 13.4. The Bertz CT molecular complexity index is 717. The second-order valence-electron chi connectivity index (χ2n) is 6.49. The molecule has 0 amide bonds. The van der Waals surface area contributed by atoms with Gasteiger partial charge in [0.05, 0.1) is 0 Å². The fraction of sp³-hybridized carbons (Fsp3) is 0.300. The number of pyridine rings is 1. The van der Waals surface area contributed by atoms with Crippen molar-refractivity contribution in [2.75, 3.05) is 0 Å². The van der Waals surface area contributed by atoms with Crippen molar-refractivity contribution in [3.63, 3.8) is 0 Å². The zero-order valence-corrected chi connectivity index (χ0v) is 12.6. The molecule has 4 atom stereocenters. The number of carbonyl (C=O) groups is 1. The van der Waals surface area contributed by atoms with Gasteiger partial charge in [0.15, 0.2) is 5.78 Å². The van der Waals surface area contributed by atoms with Crippen LogP contribution >= 0.6 is 0 Å². The Labute approximate surface area is 130 Å². The lowest BCUT2D eigenvalue weighted by Gasteiger charge is -2.27. The van der Waals surface area contributed by atoms with E-state index in [1.807, 2.05) is 18.2 Å². The number of Topliss-reactive ketones (excluding diaryl/α,β-unsaturated/α-hetero) is 1. The number of hydrogen-bond acceptors (Lipinski definition) is 2. The van der Waals surface area contributed by atoms with Crippen molar-refractivity contribution >= 4 is 5.78 Å². The standard InChI is InChI=1S/C20H19NO/c1-13-5-7-14(8-6-13)18-15-9-10-16(12-15)19(18)20(22)17-4-2-3-11-21-17/h2-11,15-16,18-19H,12H2,1H3/t15?,16?,18-,19-/m1/s1. The van der Waals surface area contributed by atoms with Gasteiger partial charge < -0.3 is 0 Å². The van der Waals surface area contributed by atoms with Gasteiger partial charge in [-0.25, -0.2) is 0 Å². The van der Waals surface area contributed by atoms with Crippen molar-refractivity contribution in [1.29, 1.82) is 0 Å². The third-order valence-corrected chi connectivity index (χ3v) is 5.14. The van der Waals surface area contributed by atoms with Gasteiger partial charge in [-0.2, -0.15) is 0 Å². The summed E-state index contributed by atoms with van der Waals surface area (Å²) in [7, 11) is 0. The monoisotopic (exact) mass is 289 g/mol. The quantitative estimate of drug-likeness (QED) is 0.627. The van der Waals surface area contributed by atoms with E-state index in [-0.39, 0.29) is 11.7 Å². The molecule has 2 nitrogen and oxygen atoms in total. The van der Waals surface area contributed by atoms with Gasteiger partial charge in [-0.1, -0.05) is 48.0 Å². The van der Waals surface area contributed by atoms with E-state index >= 15 is 0 Å². The van der Waals surface area contributed by atoms with Crippen LogP contribution in [0.3, 0.4) is 0 Å². The van der Waals surface area contributed by atoms with Crippen LogP contribution in [0.25, 0.3) is 0 Å². The van der Waals surface area contributed by atoms with Gasteiger partial charge in [0.1, 0.15) is 5.69 Å². The van der Waals surface area contributed by atoms with Crippen LogP contribution in [0.5, 0.6) is 0 Å². The third kappa shape index (κ3) is 2.10. The molecule has 22 heavy (non-hydrogen) atoms. The molecule has 0 spiro atoms. The molecule has 2 bridgehead atoms. The Morgan fingerprint density at radius 1 is 1.05 bits per heavy atom. The molecule has 2 heteroatoms. The number of rotatable bonds is 3. The van der Waals surface area contributed by atoms with Crippen molar-refractivity contribution in [3.8, 4) is 0 Å². The molecule has 1 aromatic heterocycles. The molecule has 1 aromatic carbocycles. The number of benzene rings is 1. The predicted molar refractivity (Wildman–Crippen MR) is 86.7 cm³/mol. The topological polar surface area (TPSA) is 30.0 Å². The average Bonchev–Trinajstić information content (AvgIpc) is 3.17. The number of ketones is 1. The van der Waals surface area contributed by atoms with Gasteiger partial charge in [-0.05, 0) is 42.9 Å². The maximum atomic E-state index is 13.0. The van der Waals surface area contributed by atoms with E-state index < -0.39 is 0 Å². The summed E-state index contributed by atoms with van der Waals surface area (Å²) in [6.45, 7) is 2.10. The number of nitrogens with zero attached hydrogens (tertiary/aromatic N) is 1. The molecule has 0 saturated heterocycles. The summed E-state index contributed by atoms with van der Waals surface area (Å²) in [5, 5.41) is 0. The van der Waals surface area contributed by atoms with Crippen LogP contribution in [0.2, 0.25) is 0 Å². The molecule has 2 aliphatic rings. The number of aromatic nitrogens is 1. The largest absolute Gasteiger partial charge is 0.292 e. The molecule has 2 unspecified atom stereocenters. The van der Waals surface area contributed by atoms with Crippen molar-refractivity contribution < 1.29 is 4.79 Å². The molecule has 1 heterocycles. The number of carbonyl (C=O) groups excluding carboxylic acids is 1. The van der Waals surface area contributed by atoms with Crippen LogP contribution in [0.15, 0.2) is 60.8 Å². The zero-order chi connectivity index (χ0) is 15.1. The first-order valence-corrected chi connectivity index (χ1v) is 7.94. The van der Waals surface area contributed by atoms with Crippen LogP contribution in [0.4, 0.5) is 0 Å². The summed E-state index contributed by atoms with van der Waals surface area (Å²) in [5.41, 5.74) is 3.15. The molecule has 0 aliphatic heterocycles. The van der Waals surface area contributed by atoms with Crippen molar-refractivity contribution in [3.05, 3.63) is 77.6 Å². The van der Waals surface area contributed by atoms with Crippen LogP contribution in [0, 0.1) is 24.7 Å². The smallest absolute Gasteiger partial charge is 0.185 e. The summed E-state index contributed by atoms with van der Waals surface area (Å²) in [5.74, 6) is 1.39. The molecule has 2 aliphatic carbocycles. The molecule has 1 saturated carbocycles. The Morgan fingerprint density at radius 2 is 1.82 bits per heavy atom. The van der Waals surface area contributed by atoms with Crippen molar-refractivity contribution in [1.82, 2.24) is 4.98 Å². The molecule has 110 valence electrons. The molecule has 0 radical (unpaired) electrons. The fourth-order valence-corrected chi connectivity index (χ4v) is 4.10. The number of fused-ring (bicyclic) bond motifs is 2. The fourth-order valence-electron chi connectivity index (χ4n) is 4.10. The van der Waals surface area contributed by atoms with E-state index in [4.69, 9.17) is 0 Å². The van der Waals surface area contributed by atoms with E-state index in [1.165, 1.54) is 11.1 Å². The van der Waals surface area contributed by atoms with Gasteiger partial charge in [0, 0.05) is 18.0 Å². The highest BCUT2D eigenvalue weighted by atomic mass is 16.1. The zero-order valence-electron chi connectivity index (χ0n) is 12.6. The van der Waals surface area contributed by atoms with E-state index in [0.29, 0.717) is 23.4 Å². The minimum atomic E-state index is 0.0348. The van der Waals surface area contributed by atoms with E-state index in [9.17, 15) is 4.79 Å². The van der Waals surface area contributed by atoms with Crippen molar-refractivity contribution in [2.45, 2.75) is 19.3 Å². The first-order valence-electron chi connectivity index (χ1n) is 7.94. The van der Waals surface area contributed by atoms with Gasteiger partial charge in [0.25, 0.3) is 0 Å². The average molecular weight is 289 g/mol. The second kappa shape index (κ2) is 5.20. The molecular formula is C20H19NO. The van der Waals surface area contributed by atoms with Crippen LogP contribution in [0.1, 0.15) is 34.0 Å². The summed E-state index contributed by atoms with van der Waals surface area (Å²) in [4.78, 5) is 17.3.